The van der Waals surface area contributed by atoms with Crippen LogP contribution >= 0.6 is 21.3 Å². The van der Waals surface area contributed by atoms with E-state index in [0.29, 0.717) is 32.4 Å². The van der Waals surface area contributed by atoms with Crippen LogP contribution in [0.2, 0.25) is 0 Å². The van der Waals surface area contributed by atoms with Crippen molar-refractivity contribution < 1.29 is 14.4 Å². The molecule has 0 unspecified atom stereocenters. The Bertz CT molecular complexity index is 502. The van der Waals surface area contributed by atoms with Crippen LogP contribution in [0.3, 0.4) is 0 Å². The van der Waals surface area contributed by atoms with Gasteiger partial charge < -0.3 is 0 Å². The summed E-state index contributed by atoms with van der Waals surface area (Å²) in [5, 5.41) is 0. The van der Waals surface area contributed by atoms with Crippen molar-refractivity contribution in [3.05, 3.63) is 0 Å². The number of hydrogen-bond donors (Lipinski definition) is 1. The van der Waals surface area contributed by atoms with Crippen LogP contribution in [0, 0.1) is 0 Å². The molecule has 3 amide bonds. The average molecular weight is 402 g/mol. The SMILES string of the molecule is O=C1CCCCCN1S[SH](N1CCCCCC1=O)N1CCCCCC1=O. The maximum absolute atomic E-state index is 12.8. The zero-order valence-electron chi connectivity index (χ0n) is 15.5. The van der Waals surface area contributed by atoms with Gasteiger partial charge in [0.2, 0.25) is 17.7 Å². The molecule has 8 heteroatoms. The molecule has 0 saturated carbocycles. The minimum absolute atomic E-state index is 0.153. The molecule has 3 fully saturated rings. The Balaban J connectivity index is 1.82. The van der Waals surface area contributed by atoms with Gasteiger partial charge in [-0.05, 0) is 48.8 Å². The molecule has 0 aromatic carbocycles. The molecule has 3 rings (SSSR count). The summed E-state index contributed by atoms with van der Waals surface area (Å²) in [4.78, 5) is 38.1. The summed E-state index contributed by atoms with van der Waals surface area (Å²) in [6, 6.07) is 0. The monoisotopic (exact) mass is 401 g/mol. The highest BCUT2D eigenvalue weighted by atomic mass is 33.1. The fraction of sp³-hybridized carbons (Fsp3) is 0.833. The number of nitrogens with zero attached hydrogens (tertiary/aromatic N) is 3. The Hall–Kier alpha value is -0.890. The van der Waals surface area contributed by atoms with Crippen molar-refractivity contribution in [2.45, 2.75) is 77.0 Å². The number of hydrogen-bond acceptors (Lipinski definition) is 4. The highest BCUT2D eigenvalue weighted by molar-refractivity contribution is 8.82. The number of carbonyl (C=O) groups excluding carboxylic acids is 3. The molecule has 0 radical (unpaired) electrons. The lowest BCUT2D eigenvalue weighted by molar-refractivity contribution is -0.127. The molecule has 6 nitrogen and oxygen atoms in total. The molecule has 0 atom stereocenters. The standard InChI is InChI=1S/C18H31N3O3S2/c22-16-10-4-1-7-13-19(16)25-26(20-14-8-2-5-11-17(20)23)21-15-9-3-6-12-18(21)24/h26H,1-15H2. The van der Waals surface area contributed by atoms with Crippen LogP contribution in [-0.4, -0.2) is 50.3 Å². The predicted octanol–water partition coefficient (Wildman–Crippen LogP) is 3.59. The molecule has 0 spiro atoms. The lowest BCUT2D eigenvalue weighted by Crippen LogP contribution is -2.39. The molecule has 26 heavy (non-hydrogen) atoms. The van der Waals surface area contributed by atoms with E-state index in [1.165, 1.54) is 11.0 Å². The van der Waals surface area contributed by atoms with Gasteiger partial charge in [0.25, 0.3) is 0 Å². The van der Waals surface area contributed by atoms with E-state index < -0.39 is 10.3 Å². The van der Waals surface area contributed by atoms with E-state index in [-0.39, 0.29) is 17.7 Å². The lowest BCUT2D eigenvalue weighted by atomic mass is 10.2. The van der Waals surface area contributed by atoms with Gasteiger partial charge in [-0.15, -0.1) is 0 Å². The van der Waals surface area contributed by atoms with E-state index in [9.17, 15) is 14.4 Å². The molecule has 0 aromatic rings. The second kappa shape index (κ2) is 9.88. The molecule has 3 aliphatic rings. The zero-order chi connectivity index (χ0) is 18.4. The first kappa shape index (κ1) is 19.9. The molecule has 3 heterocycles. The normalized spacial score (nSPS) is 24.2. The summed E-state index contributed by atoms with van der Waals surface area (Å²) in [6.07, 6.45) is 10.7. The number of thiol groups is 1. The summed E-state index contributed by atoms with van der Waals surface area (Å²) in [7, 11) is 0.303. The average Bonchev–Trinajstić information content (AvgIpc) is 3.05. The molecule has 3 saturated heterocycles. The van der Waals surface area contributed by atoms with Crippen LogP contribution in [0.15, 0.2) is 0 Å². The fourth-order valence-electron chi connectivity index (χ4n) is 3.65. The largest absolute Gasteiger partial charge is 0.281 e. The Morgan fingerprint density at radius 3 is 1.58 bits per heavy atom. The summed E-state index contributed by atoms with van der Waals surface area (Å²) >= 11 is 0. The Morgan fingerprint density at radius 1 is 0.577 bits per heavy atom. The van der Waals surface area contributed by atoms with Crippen molar-refractivity contribution in [3.8, 4) is 0 Å². The van der Waals surface area contributed by atoms with Gasteiger partial charge in [0.05, 0.1) is 0 Å². The first-order valence-electron chi connectivity index (χ1n) is 10.1. The molecule has 0 aromatic heterocycles. The van der Waals surface area contributed by atoms with Gasteiger partial charge in [-0.25, -0.2) is 0 Å². The number of rotatable bonds is 4. The second-order valence-corrected chi connectivity index (χ2v) is 10.8. The van der Waals surface area contributed by atoms with Crippen LogP contribution in [-0.2, 0) is 14.4 Å². The molecule has 0 bridgehead atoms. The van der Waals surface area contributed by atoms with Crippen LogP contribution in [0.5, 0.6) is 0 Å². The van der Waals surface area contributed by atoms with E-state index in [1.54, 1.807) is 0 Å². The first-order valence-corrected chi connectivity index (χ1v) is 12.7. The van der Waals surface area contributed by atoms with Crippen LogP contribution in [0.4, 0.5) is 0 Å². The maximum atomic E-state index is 12.8. The minimum atomic E-state index is -1.18. The van der Waals surface area contributed by atoms with Gasteiger partial charge in [0.1, 0.15) is 0 Å². The van der Waals surface area contributed by atoms with E-state index in [0.717, 1.165) is 64.3 Å². The van der Waals surface area contributed by atoms with Crippen LogP contribution in [0.25, 0.3) is 0 Å². The van der Waals surface area contributed by atoms with Crippen molar-refractivity contribution >= 4 is 39.0 Å². The molecular formula is C18H31N3O3S2. The summed E-state index contributed by atoms with van der Waals surface area (Å²) < 4.78 is 5.73. The molecule has 3 aliphatic heterocycles. The third kappa shape index (κ3) is 5.09. The minimum Gasteiger partial charge on any atom is -0.281 e. The molecule has 0 N–H and O–H groups in total. The van der Waals surface area contributed by atoms with Gasteiger partial charge in [-0.2, -0.15) is 0 Å². The van der Waals surface area contributed by atoms with Gasteiger partial charge in [-0.1, -0.05) is 19.3 Å². The van der Waals surface area contributed by atoms with Crippen LogP contribution < -0.4 is 0 Å². The molecular weight excluding hydrogens is 370 g/mol. The fourth-order valence-corrected chi connectivity index (χ4v) is 8.47. The van der Waals surface area contributed by atoms with Crippen molar-refractivity contribution in [3.63, 3.8) is 0 Å². The topological polar surface area (TPSA) is 60.9 Å². The molecule has 148 valence electrons. The summed E-state index contributed by atoms with van der Waals surface area (Å²) in [5.74, 6) is 0.463. The van der Waals surface area contributed by atoms with Crippen LogP contribution in [0.1, 0.15) is 77.0 Å². The lowest BCUT2D eigenvalue weighted by Gasteiger charge is -2.42. The van der Waals surface area contributed by atoms with E-state index in [2.05, 4.69) is 0 Å². The van der Waals surface area contributed by atoms with E-state index >= 15 is 0 Å². The highest BCUT2D eigenvalue weighted by Gasteiger charge is 2.34. The number of carbonyl (C=O) groups is 3. The Kier molecular flexibility index (Phi) is 7.54. The van der Waals surface area contributed by atoms with E-state index in [1.807, 2.05) is 12.9 Å². The maximum Gasteiger partial charge on any atom is 0.233 e. The highest BCUT2D eigenvalue weighted by Crippen LogP contribution is 2.51. The molecule has 0 aliphatic carbocycles. The first-order chi connectivity index (χ1) is 12.7. The third-order valence-corrected chi connectivity index (χ3v) is 9.83. The second-order valence-electron chi connectivity index (χ2n) is 7.30. The quantitative estimate of drug-likeness (QED) is 0.444. The third-order valence-electron chi connectivity index (χ3n) is 5.21. The van der Waals surface area contributed by atoms with Gasteiger partial charge in [0.15, 0.2) is 0 Å². The van der Waals surface area contributed by atoms with E-state index in [4.69, 9.17) is 0 Å². The zero-order valence-corrected chi connectivity index (χ0v) is 17.2. The van der Waals surface area contributed by atoms with Crippen molar-refractivity contribution in [2.75, 3.05) is 19.6 Å². The number of amides is 3. The van der Waals surface area contributed by atoms with Gasteiger partial charge in [-0.3, -0.25) is 27.3 Å². The Labute approximate surface area is 163 Å². The van der Waals surface area contributed by atoms with Gasteiger partial charge >= 0.3 is 0 Å². The Morgan fingerprint density at radius 2 is 1.04 bits per heavy atom. The predicted molar refractivity (Wildman–Crippen MR) is 107 cm³/mol. The van der Waals surface area contributed by atoms with Crippen molar-refractivity contribution in [1.82, 2.24) is 12.9 Å². The summed E-state index contributed by atoms with van der Waals surface area (Å²) in [6.45, 7) is 2.15. The summed E-state index contributed by atoms with van der Waals surface area (Å²) in [5.41, 5.74) is 0. The van der Waals surface area contributed by atoms with Crippen molar-refractivity contribution in [2.24, 2.45) is 0 Å². The smallest absolute Gasteiger partial charge is 0.233 e. The van der Waals surface area contributed by atoms with Crippen molar-refractivity contribution in [1.29, 1.82) is 0 Å². The van der Waals surface area contributed by atoms with Gasteiger partial charge in [0, 0.05) is 49.9 Å².